The molecular weight excluding hydrogens is 347 g/mol. The number of benzene rings is 3. The van der Waals surface area contributed by atoms with Crippen LogP contribution in [0.25, 0.3) is 10.8 Å². The first-order valence-corrected chi connectivity index (χ1v) is 7.53. The molecule has 110 valence electrons. The summed E-state index contributed by atoms with van der Waals surface area (Å²) in [6.07, 6.45) is 0. The number of rotatable bonds is 3. The molecular formula is C18H12BrFO2. The Kier molecular flexibility index (Phi) is 4.20. The lowest BCUT2D eigenvalue weighted by molar-refractivity contribution is 0.0471. The van der Waals surface area contributed by atoms with E-state index < -0.39 is 11.8 Å². The van der Waals surface area contributed by atoms with Gasteiger partial charge in [0.25, 0.3) is 0 Å². The molecule has 0 amide bonds. The van der Waals surface area contributed by atoms with Gasteiger partial charge in [0, 0.05) is 10.0 Å². The third-order valence-corrected chi connectivity index (χ3v) is 3.88. The molecule has 0 aliphatic rings. The number of fused-ring (bicyclic) bond motifs is 1. The number of esters is 1. The van der Waals surface area contributed by atoms with E-state index in [9.17, 15) is 9.18 Å². The van der Waals surface area contributed by atoms with Gasteiger partial charge in [-0.2, -0.15) is 0 Å². The summed E-state index contributed by atoms with van der Waals surface area (Å²) in [6, 6.07) is 17.7. The van der Waals surface area contributed by atoms with Crippen molar-refractivity contribution in [2.75, 3.05) is 0 Å². The Balaban J connectivity index is 1.82. The van der Waals surface area contributed by atoms with Crippen LogP contribution in [0.4, 0.5) is 4.39 Å². The molecule has 2 nitrogen and oxygen atoms in total. The van der Waals surface area contributed by atoms with E-state index >= 15 is 0 Å². The number of hydrogen-bond donors (Lipinski definition) is 0. The lowest BCUT2D eigenvalue weighted by Crippen LogP contribution is -2.06. The maximum Gasteiger partial charge on any atom is 0.339 e. The van der Waals surface area contributed by atoms with E-state index in [0.717, 1.165) is 10.8 Å². The van der Waals surface area contributed by atoms with Crippen molar-refractivity contribution in [2.45, 2.75) is 6.61 Å². The Bertz CT molecular complexity index is 840. The minimum absolute atomic E-state index is 0.0961. The zero-order valence-corrected chi connectivity index (χ0v) is 13.1. The molecule has 3 aromatic rings. The van der Waals surface area contributed by atoms with Crippen LogP contribution in [0.5, 0.6) is 0 Å². The molecule has 0 heterocycles. The van der Waals surface area contributed by atoms with Gasteiger partial charge < -0.3 is 4.74 Å². The molecule has 0 aliphatic carbocycles. The molecule has 0 spiro atoms. The van der Waals surface area contributed by atoms with Gasteiger partial charge in [0.2, 0.25) is 0 Å². The fourth-order valence-corrected chi connectivity index (χ4v) is 2.60. The fraction of sp³-hybridized carbons (Fsp3) is 0.0556. The maximum absolute atomic E-state index is 13.7. The largest absolute Gasteiger partial charge is 0.457 e. The highest BCUT2D eigenvalue weighted by molar-refractivity contribution is 9.10. The number of hydrogen-bond acceptors (Lipinski definition) is 2. The Morgan fingerprint density at radius 1 is 1.05 bits per heavy atom. The zero-order valence-electron chi connectivity index (χ0n) is 11.6. The van der Waals surface area contributed by atoms with Gasteiger partial charge >= 0.3 is 5.97 Å². The SMILES string of the molecule is O=C(OCc1ccc(Br)cc1F)c1cccc2ccccc12. The molecule has 0 radical (unpaired) electrons. The van der Waals surface area contributed by atoms with Gasteiger partial charge in [-0.3, -0.25) is 0 Å². The van der Waals surface area contributed by atoms with Crippen LogP contribution in [0.2, 0.25) is 0 Å². The van der Waals surface area contributed by atoms with E-state index in [0.29, 0.717) is 15.6 Å². The van der Waals surface area contributed by atoms with Crippen molar-refractivity contribution in [3.8, 4) is 0 Å². The van der Waals surface area contributed by atoms with Gasteiger partial charge in [-0.25, -0.2) is 9.18 Å². The second-order valence-electron chi connectivity index (χ2n) is 4.84. The fourth-order valence-electron chi connectivity index (χ4n) is 2.26. The molecule has 3 rings (SSSR count). The summed E-state index contributed by atoms with van der Waals surface area (Å²) in [6.45, 7) is -0.0961. The maximum atomic E-state index is 13.7. The van der Waals surface area contributed by atoms with Crippen molar-refractivity contribution in [2.24, 2.45) is 0 Å². The van der Waals surface area contributed by atoms with E-state index in [-0.39, 0.29) is 6.61 Å². The molecule has 0 aromatic heterocycles. The van der Waals surface area contributed by atoms with Crippen LogP contribution in [0, 0.1) is 5.82 Å². The molecule has 0 saturated carbocycles. The second-order valence-corrected chi connectivity index (χ2v) is 5.75. The summed E-state index contributed by atoms with van der Waals surface area (Å²) in [5, 5.41) is 1.79. The molecule has 0 N–H and O–H groups in total. The molecule has 0 saturated heterocycles. The van der Waals surface area contributed by atoms with Gasteiger partial charge in [0.15, 0.2) is 0 Å². The predicted octanol–water partition coefficient (Wildman–Crippen LogP) is 5.10. The van der Waals surface area contributed by atoms with Gasteiger partial charge in [-0.15, -0.1) is 0 Å². The predicted molar refractivity (Wildman–Crippen MR) is 87.2 cm³/mol. The molecule has 3 aromatic carbocycles. The lowest BCUT2D eigenvalue weighted by Gasteiger charge is -2.08. The third kappa shape index (κ3) is 3.02. The third-order valence-electron chi connectivity index (χ3n) is 3.38. The molecule has 0 atom stereocenters. The number of carbonyl (C=O) groups is 1. The lowest BCUT2D eigenvalue weighted by atomic mass is 10.0. The summed E-state index contributed by atoms with van der Waals surface area (Å²) in [5.74, 6) is -0.862. The minimum atomic E-state index is -0.459. The quantitative estimate of drug-likeness (QED) is 0.609. The van der Waals surface area contributed by atoms with Crippen LogP contribution in [0.3, 0.4) is 0 Å². The van der Waals surface area contributed by atoms with E-state index in [1.165, 1.54) is 6.07 Å². The molecule has 0 bridgehead atoms. The average Bonchev–Trinajstić information content (AvgIpc) is 2.53. The first-order chi connectivity index (χ1) is 10.6. The first kappa shape index (κ1) is 14.7. The van der Waals surface area contributed by atoms with E-state index in [1.807, 2.05) is 30.3 Å². The van der Waals surface area contributed by atoms with E-state index in [4.69, 9.17) is 4.74 Å². The highest BCUT2D eigenvalue weighted by Gasteiger charge is 2.12. The Labute approximate surface area is 135 Å². The van der Waals surface area contributed by atoms with Gasteiger partial charge in [-0.1, -0.05) is 58.4 Å². The normalized spacial score (nSPS) is 10.6. The summed E-state index contributed by atoms with van der Waals surface area (Å²) in [4.78, 5) is 12.3. The van der Waals surface area contributed by atoms with Crippen molar-refractivity contribution in [1.82, 2.24) is 0 Å². The van der Waals surface area contributed by atoms with Crippen LogP contribution in [-0.2, 0) is 11.3 Å². The summed E-state index contributed by atoms with van der Waals surface area (Å²) in [5.41, 5.74) is 0.826. The molecule has 0 unspecified atom stereocenters. The monoisotopic (exact) mass is 358 g/mol. The van der Waals surface area contributed by atoms with Crippen LogP contribution < -0.4 is 0 Å². The smallest absolute Gasteiger partial charge is 0.339 e. The summed E-state index contributed by atoms with van der Waals surface area (Å²) in [7, 11) is 0. The van der Waals surface area contributed by atoms with Gasteiger partial charge in [-0.05, 0) is 29.0 Å². The standard InChI is InChI=1S/C18H12BrFO2/c19-14-9-8-13(17(20)10-14)11-22-18(21)16-7-3-5-12-4-1-2-6-15(12)16/h1-10H,11H2. The second kappa shape index (κ2) is 6.28. The molecule has 0 fully saturated rings. The van der Waals surface area contributed by atoms with Crippen LogP contribution in [0.1, 0.15) is 15.9 Å². The van der Waals surface area contributed by atoms with Crippen LogP contribution in [-0.4, -0.2) is 5.97 Å². The van der Waals surface area contributed by atoms with Gasteiger partial charge in [0.1, 0.15) is 12.4 Å². The topological polar surface area (TPSA) is 26.3 Å². The van der Waals surface area contributed by atoms with Crippen molar-refractivity contribution in [1.29, 1.82) is 0 Å². The Morgan fingerprint density at radius 3 is 2.64 bits per heavy atom. The first-order valence-electron chi connectivity index (χ1n) is 6.74. The van der Waals surface area contributed by atoms with Crippen molar-refractivity contribution in [3.63, 3.8) is 0 Å². The average molecular weight is 359 g/mol. The van der Waals surface area contributed by atoms with E-state index in [2.05, 4.69) is 15.9 Å². The van der Waals surface area contributed by atoms with Crippen molar-refractivity contribution >= 4 is 32.7 Å². The Hall–Kier alpha value is -2.20. The minimum Gasteiger partial charge on any atom is -0.457 e. The highest BCUT2D eigenvalue weighted by atomic mass is 79.9. The van der Waals surface area contributed by atoms with Crippen molar-refractivity contribution < 1.29 is 13.9 Å². The molecule has 0 aliphatic heterocycles. The van der Waals surface area contributed by atoms with Gasteiger partial charge in [0.05, 0.1) is 5.56 Å². The molecule has 22 heavy (non-hydrogen) atoms. The highest BCUT2D eigenvalue weighted by Crippen LogP contribution is 2.21. The Morgan fingerprint density at radius 2 is 1.82 bits per heavy atom. The van der Waals surface area contributed by atoms with Crippen LogP contribution >= 0.6 is 15.9 Å². The van der Waals surface area contributed by atoms with Crippen LogP contribution in [0.15, 0.2) is 65.1 Å². The number of halogens is 2. The summed E-state index contributed by atoms with van der Waals surface area (Å²) < 4.78 is 19.6. The van der Waals surface area contributed by atoms with Crippen molar-refractivity contribution in [3.05, 3.63) is 82.1 Å². The number of carbonyl (C=O) groups excluding carboxylic acids is 1. The summed E-state index contributed by atoms with van der Waals surface area (Å²) >= 11 is 3.19. The van der Waals surface area contributed by atoms with E-state index in [1.54, 1.807) is 24.3 Å². The molecule has 4 heteroatoms. The number of ether oxygens (including phenoxy) is 1. The zero-order chi connectivity index (χ0) is 15.5.